The number of rotatable bonds is 19. The summed E-state index contributed by atoms with van der Waals surface area (Å²) in [4.78, 5) is 22.3. The first kappa shape index (κ1) is 42.1. The van der Waals surface area contributed by atoms with Crippen molar-refractivity contribution in [2.45, 2.75) is 57.7 Å². The second kappa shape index (κ2) is 20.2. The molecule has 0 N–H and O–H groups in total. The van der Waals surface area contributed by atoms with Gasteiger partial charge in [-0.2, -0.15) is 0 Å². The summed E-state index contributed by atoms with van der Waals surface area (Å²) in [5.41, 5.74) is 5.14. The molecular weight excluding hydrogens is 740 g/mol. The molecule has 0 aliphatic heterocycles. The van der Waals surface area contributed by atoms with Gasteiger partial charge in [-0.05, 0) is 114 Å². The summed E-state index contributed by atoms with van der Waals surface area (Å²) in [6.45, 7) is 7.42. The van der Waals surface area contributed by atoms with Gasteiger partial charge in [0, 0.05) is 23.3 Å². The first-order valence-corrected chi connectivity index (χ1v) is 18.7. The van der Waals surface area contributed by atoms with E-state index in [1.807, 2.05) is 48.5 Å². The summed E-state index contributed by atoms with van der Waals surface area (Å²) in [5, 5.41) is 0. The maximum atomic E-state index is 15.9. The van der Waals surface area contributed by atoms with Gasteiger partial charge in [0.2, 0.25) is 5.75 Å². The SMILES string of the molecule is C=CC(=O)OCCCCCc1ccc(-c2cccc(-c3cc(-c4cccc(-c5ccc(CCCCCOC(=O)C=C)cc5)c4)c(F)c(OC(F)(F)F)c3F)c2)cc1. The Labute approximate surface area is 329 Å². The van der Waals surface area contributed by atoms with E-state index in [0.717, 1.165) is 85.8 Å². The van der Waals surface area contributed by atoms with Gasteiger partial charge in [-0.1, -0.05) is 98.1 Å². The second-order valence-corrected chi connectivity index (χ2v) is 13.4. The Bertz CT molecular complexity index is 2010. The number of aryl methyl sites for hydroxylation is 2. The lowest BCUT2D eigenvalue weighted by Crippen LogP contribution is -2.19. The molecular formula is C47H43F5O5. The van der Waals surface area contributed by atoms with Crippen molar-refractivity contribution in [2.24, 2.45) is 0 Å². The highest BCUT2D eigenvalue weighted by Crippen LogP contribution is 2.42. The minimum Gasteiger partial charge on any atom is -0.463 e. The summed E-state index contributed by atoms with van der Waals surface area (Å²) in [7, 11) is 0. The number of ether oxygens (including phenoxy) is 3. The third kappa shape index (κ3) is 12.2. The minimum atomic E-state index is -5.35. The number of alkyl halides is 3. The van der Waals surface area contributed by atoms with E-state index in [0.29, 0.717) is 24.3 Å². The highest BCUT2D eigenvalue weighted by Gasteiger charge is 2.36. The fraction of sp³-hybridized carbons (Fsp3) is 0.234. The Kier molecular flexibility index (Phi) is 14.9. The zero-order valence-corrected chi connectivity index (χ0v) is 31.4. The summed E-state index contributed by atoms with van der Waals surface area (Å²) in [6, 6.07) is 30.1. The van der Waals surface area contributed by atoms with Crippen molar-refractivity contribution >= 4 is 11.9 Å². The van der Waals surface area contributed by atoms with Crippen LogP contribution in [-0.4, -0.2) is 31.5 Å². The molecule has 5 aromatic rings. The van der Waals surface area contributed by atoms with Crippen LogP contribution in [-0.2, 0) is 31.9 Å². The van der Waals surface area contributed by atoms with E-state index in [1.165, 1.54) is 6.07 Å². The van der Waals surface area contributed by atoms with Crippen LogP contribution in [0.3, 0.4) is 0 Å². The average Bonchev–Trinajstić information content (AvgIpc) is 3.22. The van der Waals surface area contributed by atoms with Crippen LogP contribution in [0.25, 0.3) is 44.5 Å². The predicted octanol–water partition coefficient (Wildman–Crippen LogP) is 12.4. The second-order valence-electron chi connectivity index (χ2n) is 13.4. The molecule has 0 fully saturated rings. The van der Waals surface area contributed by atoms with E-state index in [-0.39, 0.29) is 22.3 Å². The van der Waals surface area contributed by atoms with Crippen LogP contribution in [0.15, 0.2) is 128 Å². The fourth-order valence-corrected chi connectivity index (χ4v) is 6.38. The van der Waals surface area contributed by atoms with Gasteiger partial charge in [-0.15, -0.1) is 13.2 Å². The van der Waals surface area contributed by atoms with Crippen molar-refractivity contribution in [1.29, 1.82) is 0 Å². The molecule has 5 nitrogen and oxygen atoms in total. The topological polar surface area (TPSA) is 61.8 Å². The maximum Gasteiger partial charge on any atom is 0.573 e. The van der Waals surface area contributed by atoms with E-state index >= 15 is 8.78 Å². The van der Waals surface area contributed by atoms with Gasteiger partial charge in [0.25, 0.3) is 0 Å². The van der Waals surface area contributed by atoms with Gasteiger partial charge in [-0.25, -0.2) is 18.4 Å². The number of esters is 2. The van der Waals surface area contributed by atoms with E-state index in [2.05, 4.69) is 17.9 Å². The molecule has 0 spiro atoms. The van der Waals surface area contributed by atoms with Gasteiger partial charge in [0.1, 0.15) is 0 Å². The standard InChI is InChI=1S/C47H43F5O5/c1-3-42(53)55-27-9-5-7-13-32-19-23-34(24-20-32)36-15-11-17-38(29-36)40-31-41(45(49)46(44(40)48)57-47(50,51)52)39-18-12-16-37(30-39)35-25-21-33(22-26-35)14-8-6-10-28-56-43(54)4-2/h3-4,11-12,15-26,29-31H,1-2,5-10,13-14,27-28H2. The molecule has 0 aliphatic carbocycles. The molecule has 0 aromatic heterocycles. The molecule has 0 atom stereocenters. The summed E-state index contributed by atoms with van der Waals surface area (Å²) < 4.78 is 86.6. The quantitative estimate of drug-likeness (QED) is 0.0361. The van der Waals surface area contributed by atoms with Crippen molar-refractivity contribution in [1.82, 2.24) is 0 Å². The molecule has 0 aliphatic rings. The molecule has 0 amide bonds. The highest BCUT2D eigenvalue weighted by atomic mass is 19.4. The zero-order chi connectivity index (χ0) is 40.8. The molecule has 0 saturated heterocycles. The highest BCUT2D eigenvalue weighted by molar-refractivity contribution is 5.82. The lowest BCUT2D eigenvalue weighted by molar-refractivity contribution is -0.276. The van der Waals surface area contributed by atoms with E-state index in [9.17, 15) is 22.8 Å². The van der Waals surface area contributed by atoms with Crippen molar-refractivity contribution < 1.29 is 45.8 Å². The fourth-order valence-electron chi connectivity index (χ4n) is 6.38. The Morgan fingerprint density at radius 1 is 0.526 bits per heavy atom. The first-order valence-electron chi connectivity index (χ1n) is 18.7. The van der Waals surface area contributed by atoms with Crippen molar-refractivity contribution in [3.63, 3.8) is 0 Å². The van der Waals surface area contributed by atoms with Gasteiger partial charge < -0.3 is 14.2 Å². The van der Waals surface area contributed by atoms with E-state index in [4.69, 9.17) is 9.47 Å². The van der Waals surface area contributed by atoms with Crippen LogP contribution < -0.4 is 4.74 Å². The van der Waals surface area contributed by atoms with Gasteiger partial charge in [0.15, 0.2) is 11.6 Å². The number of hydrogen-bond acceptors (Lipinski definition) is 5. The largest absolute Gasteiger partial charge is 0.573 e. The third-order valence-electron chi connectivity index (χ3n) is 9.34. The van der Waals surface area contributed by atoms with Gasteiger partial charge in [0.05, 0.1) is 13.2 Å². The molecule has 0 radical (unpaired) electrons. The minimum absolute atomic E-state index is 0.240. The summed E-state index contributed by atoms with van der Waals surface area (Å²) in [6.07, 6.45) is 3.56. The van der Waals surface area contributed by atoms with Crippen LogP contribution in [0.4, 0.5) is 22.0 Å². The molecule has 296 valence electrons. The number of carbonyl (C=O) groups excluding carboxylic acids is 2. The monoisotopic (exact) mass is 782 g/mol. The summed E-state index contributed by atoms with van der Waals surface area (Å²) >= 11 is 0. The zero-order valence-electron chi connectivity index (χ0n) is 31.4. The van der Waals surface area contributed by atoms with Crippen LogP contribution in [0, 0.1) is 11.6 Å². The number of benzene rings is 5. The van der Waals surface area contributed by atoms with Gasteiger partial charge >= 0.3 is 18.3 Å². The number of hydrogen-bond donors (Lipinski definition) is 0. The number of halogens is 5. The third-order valence-corrected chi connectivity index (χ3v) is 9.34. The Morgan fingerprint density at radius 2 is 0.930 bits per heavy atom. The molecule has 5 aromatic carbocycles. The van der Waals surface area contributed by atoms with Crippen LogP contribution in [0.5, 0.6) is 5.75 Å². The normalized spacial score (nSPS) is 11.2. The Hall–Kier alpha value is -6.03. The smallest absolute Gasteiger partial charge is 0.463 e. The van der Waals surface area contributed by atoms with Gasteiger partial charge in [-0.3, -0.25) is 0 Å². The van der Waals surface area contributed by atoms with E-state index in [1.54, 1.807) is 48.5 Å². The summed E-state index contributed by atoms with van der Waals surface area (Å²) in [5.74, 6) is -5.35. The predicted molar refractivity (Wildman–Crippen MR) is 212 cm³/mol. The van der Waals surface area contributed by atoms with Crippen molar-refractivity contribution in [3.05, 3.63) is 151 Å². The molecule has 0 saturated carbocycles. The molecule has 57 heavy (non-hydrogen) atoms. The van der Waals surface area contributed by atoms with Crippen LogP contribution in [0.2, 0.25) is 0 Å². The van der Waals surface area contributed by atoms with Crippen LogP contribution >= 0.6 is 0 Å². The van der Waals surface area contributed by atoms with Crippen molar-refractivity contribution in [3.8, 4) is 50.3 Å². The average molecular weight is 783 g/mol. The lowest BCUT2D eigenvalue weighted by atomic mass is 9.93. The molecule has 10 heteroatoms. The van der Waals surface area contributed by atoms with E-state index < -0.39 is 35.7 Å². The Morgan fingerprint density at radius 3 is 1.32 bits per heavy atom. The van der Waals surface area contributed by atoms with Crippen molar-refractivity contribution in [2.75, 3.05) is 13.2 Å². The first-order chi connectivity index (χ1) is 27.5. The lowest BCUT2D eigenvalue weighted by Gasteiger charge is -2.17. The molecule has 5 rings (SSSR count). The maximum absolute atomic E-state index is 15.9. The molecule has 0 unspecified atom stereocenters. The number of carbonyl (C=O) groups is 2. The molecule has 0 heterocycles. The van der Waals surface area contributed by atoms with Crippen LogP contribution in [0.1, 0.15) is 49.7 Å². The Balaban J connectivity index is 1.35. The number of unbranched alkanes of at least 4 members (excludes halogenated alkanes) is 4. The molecule has 0 bridgehead atoms.